The maximum absolute atomic E-state index is 14.4. The highest BCUT2D eigenvalue weighted by atomic mass is 32.2. The van der Waals surface area contributed by atoms with Gasteiger partial charge in [0, 0.05) is 24.0 Å². The lowest BCUT2D eigenvalue weighted by atomic mass is 10.1. The molecule has 1 aliphatic rings. The fourth-order valence-electron chi connectivity index (χ4n) is 3.24. The molecule has 3 aromatic rings. The van der Waals surface area contributed by atoms with Gasteiger partial charge >= 0.3 is 0 Å². The average Bonchev–Trinajstić information content (AvgIpc) is 3.43. The van der Waals surface area contributed by atoms with Gasteiger partial charge in [-0.2, -0.15) is 4.31 Å². The van der Waals surface area contributed by atoms with Crippen molar-refractivity contribution >= 4 is 32.4 Å². The highest BCUT2D eigenvalue weighted by Crippen LogP contribution is 2.36. The standard InChI is InChI=1S/C21H20FN3O5S2/c1-3-25(4-2)32(27,28)14-6-7-16(22)15(10-14)20(26)24-21-23-17(11-31-21)13-5-8-18-19(9-13)30-12-29-18/h5-11H,3-4,12H2,1-2H3,(H,23,24,26). The van der Waals surface area contributed by atoms with Crippen LogP contribution in [-0.4, -0.2) is 43.5 Å². The van der Waals surface area contributed by atoms with Gasteiger partial charge in [-0.1, -0.05) is 13.8 Å². The van der Waals surface area contributed by atoms with Gasteiger partial charge in [0.25, 0.3) is 5.91 Å². The van der Waals surface area contributed by atoms with E-state index in [2.05, 4.69) is 10.3 Å². The van der Waals surface area contributed by atoms with Crippen LogP contribution in [0.4, 0.5) is 9.52 Å². The van der Waals surface area contributed by atoms with E-state index in [9.17, 15) is 17.6 Å². The number of aromatic nitrogens is 1. The van der Waals surface area contributed by atoms with E-state index < -0.39 is 21.7 Å². The van der Waals surface area contributed by atoms with Crippen LogP contribution < -0.4 is 14.8 Å². The largest absolute Gasteiger partial charge is 0.454 e. The molecule has 32 heavy (non-hydrogen) atoms. The van der Waals surface area contributed by atoms with Gasteiger partial charge in [-0.15, -0.1) is 11.3 Å². The Morgan fingerprint density at radius 3 is 2.66 bits per heavy atom. The van der Waals surface area contributed by atoms with Crippen molar-refractivity contribution in [2.24, 2.45) is 0 Å². The SMILES string of the molecule is CCN(CC)S(=O)(=O)c1ccc(F)c(C(=O)Nc2nc(-c3ccc4c(c3)OCO4)cs2)c1. The first kappa shape index (κ1) is 22.2. The van der Waals surface area contributed by atoms with Crippen LogP contribution in [0.25, 0.3) is 11.3 Å². The number of benzene rings is 2. The molecule has 0 saturated carbocycles. The first-order chi connectivity index (χ1) is 15.3. The molecule has 0 saturated heterocycles. The van der Waals surface area contributed by atoms with Crippen molar-refractivity contribution in [2.75, 3.05) is 25.2 Å². The van der Waals surface area contributed by atoms with E-state index in [0.29, 0.717) is 17.2 Å². The Bertz CT molecular complexity index is 1270. The summed E-state index contributed by atoms with van der Waals surface area (Å²) in [5.41, 5.74) is 0.990. The highest BCUT2D eigenvalue weighted by Gasteiger charge is 2.25. The second-order valence-corrected chi connectivity index (χ2v) is 9.59. The van der Waals surface area contributed by atoms with Gasteiger partial charge < -0.3 is 9.47 Å². The zero-order chi connectivity index (χ0) is 22.9. The van der Waals surface area contributed by atoms with Crippen molar-refractivity contribution < 1.29 is 27.1 Å². The van der Waals surface area contributed by atoms with Crippen LogP contribution in [0.1, 0.15) is 24.2 Å². The van der Waals surface area contributed by atoms with Gasteiger partial charge in [0.1, 0.15) is 5.82 Å². The monoisotopic (exact) mass is 477 g/mol. The third kappa shape index (κ3) is 4.18. The Labute approximate surface area is 188 Å². The van der Waals surface area contributed by atoms with Gasteiger partial charge in [0.05, 0.1) is 16.2 Å². The summed E-state index contributed by atoms with van der Waals surface area (Å²) in [6, 6.07) is 8.54. The van der Waals surface area contributed by atoms with Crippen LogP contribution >= 0.6 is 11.3 Å². The van der Waals surface area contributed by atoms with Gasteiger partial charge in [-0.05, 0) is 36.4 Å². The number of thiazole rings is 1. The minimum atomic E-state index is -3.83. The fraction of sp³-hybridized carbons (Fsp3) is 0.238. The van der Waals surface area contributed by atoms with E-state index in [1.54, 1.807) is 31.4 Å². The van der Waals surface area contributed by atoms with Crippen LogP contribution in [0, 0.1) is 5.82 Å². The topological polar surface area (TPSA) is 97.8 Å². The summed E-state index contributed by atoms with van der Waals surface area (Å²) in [5.74, 6) is -0.360. The number of sulfonamides is 1. The van der Waals surface area contributed by atoms with E-state index in [0.717, 1.165) is 35.1 Å². The summed E-state index contributed by atoms with van der Waals surface area (Å²) in [5, 5.41) is 4.53. The molecule has 0 atom stereocenters. The van der Waals surface area contributed by atoms with Crippen molar-refractivity contribution in [3.05, 3.63) is 53.2 Å². The molecule has 0 aliphatic carbocycles. The summed E-state index contributed by atoms with van der Waals surface area (Å²) in [7, 11) is -3.83. The Balaban J connectivity index is 1.56. The number of amides is 1. The fourth-order valence-corrected chi connectivity index (χ4v) is 5.43. The summed E-state index contributed by atoms with van der Waals surface area (Å²) in [4.78, 5) is 16.9. The van der Waals surface area contributed by atoms with Gasteiger partial charge in [0.15, 0.2) is 16.6 Å². The molecule has 0 fully saturated rings. The molecule has 1 aliphatic heterocycles. The first-order valence-corrected chi connectivity index (χ1v) is 12.1. The van der Waals surface area contributed by atoms with Crippen molar-refractivity contribution in [1.82, 2.24) is 9.29 Å². The first-order valence-electron chi connectivity index (χ1n) is 9.80. The molecule has 0 spiro atoms. The van der Waals surface area contributed by atoms with Crippen LogP contribution in [0.2, 0.25) is 0 Å². The van der Waals surface area contributed by atoms with E-state index >= 15 is 0 Å². The number of anilines is 1. The molecule has 0 radical (unpaired) electrons. The number of nitrogens with one attached hydrogen (secondary N) is 1. The predicted octanol–water partition coefficient (Wildman–Crippen LogP) is 3.96. The van der Waals surface area contributed by atoms with Crippen molar-refractivity contribution in [2.45, 2.75) is 18.7 Å². The summed E-state index contributed by atoms with van der Waals surface area (Å²) < 4.78 is 51.7. The molecule has 168 valence electrons. The molecular formula is C21H20FN3O5S2. The van der Waals surface area contributed by atoms with Crippen LogP contribution in [0.5, 0.6) is 11.5 Å². The number of carbonyl (C=O) groups is 1. The summed E-state index contributed by atoms with van der Waals surface area (Å²) in [6.07, 6.45) is 0. The molecule has 1 amide bonds. The molecule has 8 nitrogen and oxygen atoms in total. The number of hydrogen-bond acceptors (Lipinski definition) is 7. The van der Waals surface area contributed by atoms with Crippen molar-refractivity contribution in [3.8, 4) is 22.8 Å². The van der Waals surface area contributed by atoms with E-state index in [-0.39, 0.29) is 35.5 Å². The van der Waals surface area contributed by atoms with Gasteiger partial charge in [0.2, 0.25) is 16.8 Å². The molecule has 1 N–H and O–H groups in total. The quantitative estimate of drug-likeness (QED) is 0.553. The van der Waals surface area contributed by atoms with Gasteiger partial charge in [-0.3, -0.25) is 10.1 Å². The average molecular weight is 478 g/mol. The number of rotatable bonds is 7. The second-order valence-electron chi connectivity index (χ2n) is 6.79. The molecule has 0 unspecified atom stereocenters. The van der Waals surface area contributed by atoms with Crippen LogP contribution in [0.3, 0.4) is 0 Å². The maximum atomic E-state index is 14.4. The van der Waals surface area contributed by atoms with E-state index in [1.165, 1.54) is 4.31 Å². The minimum absolute atomic E-state index is 0.145. The number of halogens is 1. The van der Waals surface area contributed by atoms with Gasteiger partial charge in [-0.25, -0.2) is 17.8 Å². The van der Waals surface area contributed by atoms with Crippen molar-refractivity contribution in [3.63, 3.8) is 0 Å². The smallest absolute Gasteiger partial charge is 0.260 e. The Kier molecular flexibility index (Phi) is 6.13. The number of nitrogens with zero attached hydrogens (tertiary/aromatic N) is 2. The lowest BCUT2D eigenvalue weighted by molar-refractivity contribution is 0.102. The minimum Gasteiger partial charge on any atom is -0.454 e. The molecule has 0 bridgehead atoms. The number of fused-ring (bicyclic) bond motifs is 1. The Morgan fingerprint density at radius 1 is 1.16 bits per heavy atom. The molecule has 1 aromatic heterocycles. The third-order valence-corrected chi connectivity index (χ3v) is 7.72. The zero-order valence-corrected chi connectivity index (χ0v) is 18.9. The molecular weight excluding hydrogens is 457 g/mol. The van der Waals surface area contributed by atoms with E-state index in [4.69, 9.17) is 9.47 Å². The zero-order valence-electron chi connectivity index (χ0n) is 17.3. The summed E-state index contributed by atoms with van der Waals surface area (Å²) >= 11 is 1.16. The van der Waals surface area contributed by atoms with E-state index in [1.807, 2.05) is 6.07 Å². The van der Waals surface area contributed by atoms with Crippen molar-refractivity contribution in [1.29, 1.82) is 0 Å². The Hall–Kier alpha value is -3.02. The normalized spacial score (nSPS) is 12.9. The molecule has 4 rings (SSSR count). The lowest BCUT2D eigenvalue weighted by Gasteiger charge is -2.18. The Morgan fingerprint density at radius 2 is 1.91 bits per heavy atom. The van der Waals surface area contributed by atoms with Crippen LogP contribution in [0.15, 0.2) is 46.7 Å². The number of hydrogen-bond donors (Lipinski definition) is 1. The molecule has 2 heterocycles. The maximum Gasteiger partial charge on any atom is 0.260 e. The van der Waals surface area contributed by atoms with Crippen LogP contribution in [-0.2, 0) is 10.0 Å². The third-order valence-electron chi connectivity index (χ3n) is 4.92. The lowest BCUT2D eigenvalue weighted by Crippen LogP contribution is -2.31. The second kappa shape index (κ2) is 8.85. The highest BCUT2D eigenvalue weighted by molar-refractivity contribution is 7.89. The predicted molar refractivity (Wildman–Crippen MR) is 118 cm³/mol. The molecule has 2 aromatic carbocycles. The summed E-state index contributed by atoms with van der Waals surface area (Å²) in [6.45, 7) is 4.10. The number of ether oxygens (including phenoxy) is 2. The number of carbonyl (C=O) groups excluding carboxylic acids is 1. The molecule has 11 heteroatoms.